The molecule has 5 heteroatoms. The summed E-state index contributed by atoms with van der Waals surface area (Å²) in [5.41, 5.74) is 0.673. The minimum atomic E-state index is 0.468. The van der Waals surface area contributed by atoms with E-state index >= 15 is 0 Å². The van der Waals surface area contributed by atoms with Gasteiger partial charge in [0.25, 0.3) is 0 Å². The van der Waals surface area contributed by atoms with Crippen molar-refractivity contribution in [3.8, 4) is 5.88 Å². The molecule has 62 valence electrons. The van der Waals surface area contributed by atoms with Crippen LogP contribution in [0.1, 0.15) is 5.69 Å². The number of aromatic nitrogens is 2. The third-order valence-electron chi connectivity index (χ3n) is 1.26. The second-order valence-corrected chi connectivity index (χ2v) is 2.21. The number of isothiocyanates is 1. The average molecular weight is 181 g/mol. The van der Waals surface area contributed by atoms with Crippen molar-refractivity contribution in [3.05, 3.63) is 11.9 Å². The van der Waals surface area contributed by atoms with Gasteiger partial charge in [0.2, 0.25) is 5.88 Å². The highest BCUT2D eigenvalue weighted by atomic mass is 32.1. The zero-order valence-electron chi connectivity index (χ0n) is 6.74. The summed E-state index contributed by atoms with van der Waals surface area (Å²) in [6.45, 7) is 1.78. The van der Waals surface area contributed by atoms with E-state index in [1.807, 2.05) is 0 Å². The monoisotopic (exact) mass is 181 g/mol. The highest BCUT2D eigenvalue weighted by molar-refractivity contribution is 7.78. The Morgan fingerprint density at radius 2 is 2.42 bits per heavy atom. The summed E-state index contributed by atoms with van der Waals surface area (Å²) in [6, 6.07) is 0. The quantitative estimate of drug-likeness (QED) is 0.512. The number of thiocarbonyl (C=S) groups is 1. The molecule has 0 aliphatic carbocycles. The van der Waals surface area contributed by atoms with Crippen LogP contribution >= 0.6 is 12.2 Å². The van der Waals surface area contributed by atoms with Gasteiger partial charge in [0.15, 0.2) is 5.82 Å². The van der Waals surface area contributed by atoms with E-state index < -0.39 is 0 Å². The van der Waals surface area contributed by atoms with Crippen LogP contribution in [0.25, 0.3) is 0 Å². The standard InChI is InChI=1S/C7H7N3OS/c1-5-7(9-4-12)8-3-6(10-5)11-2/h3H,1-2H3. The van der Waals surface area contributed by atoms with Crippen LogP contribution < -0.4 is 4.74 Å². The maximum Gasteiger partial charge on any atom is 0.232 e. The minimum absolute atomic E-state index is 0.468. The van der Waals surface area contributed by atoms with Crippen LogP contribution in [0.5, 0.6) is 5.88 Å². The SMILES string of the molecule is COc1cnc(N=C=S)c(C)n1. The van der Waals surface area contributed by atoms with Gasteiger partial charge in [-0.2, -0.15) is 4.99 Å². The van der Waals surface area contributed by atoms with Crippen molar-refractivity contribution >= 4 is 23.2 Å². The van der Waals surface area contributed by atoms with Crippen LogP contribution in [-0.2, 0) is 0 Å². The summed E-state index contributed by atoms with van der Waals surface area (Å²) in [4.78, 5) is 11.7. The molecule has 0 aliphatic rings. The van der Waals surface area contributed by atoms with Crippen molar-refractivity contribution in [2.45, 2.75) is 6.92 Å². The van der Waals surface area contributed by atoms with Crippen LogP contribution in [-0.4, -0.2) is 22.2 Å². The number of hydrogen-bond donors (Lipinski definition) is 0. The molecule has 0 saturated heterocycles. The zero-order valence-corrected chi connectivity index (χ0v) is 7.55. The number of rotatable bonds is 2. The molecule has 4 nitrogen and oxygen atoms in total. The van der Waals surface area contributed by atoms with E-state index in [0.29, 0.717) is 17.4 Å². The summed E-state index contributed by atoms with van der Waals surface area (Å²) >= 11 is 4.44. The first-order chi connectivity index (χ1) is 5.77. The number of aryl methyl sites for hydroxylation is 1. The summed E-state index contributed by atoms with van der Waals surface area (Å²) in [6.07, 6.45) is 1.48. The fourth-order valence-corrected chi connectivity index (χ4v) is 0.792. The Morgan fingerprint density at radius 1 is 1.67 bits per heavy atom. The third-order valence-corrected chi connectivity index (χ3v) is 1.35. The first-order valence-electron chi connectivity index (χ1n) is 3.23. The Kier molecular flexibility index (Phi) is 2.85. The van der Waals surface area contributed by atoms with Crippen LogP contribution in [0.4, 0.5) is 5.82 Å². The molecule has 0 aliphatic heterocycles. The van der Waals surface area contributed by atoms with Gasteiger partial charge in [-0.25, -0.2) is 9.97 Å². The Hall–Kier alpha value is -1.32. The van der Waals surface area contributed by atoms with E-state index in [2.05, 4.69) is 32.3 Å². The number of aliphatic imine (C=N–C) groups is 1. The number of hydrogen-bond acceptors (Lipinski definition) is 5. The Morgan fingerprint density at radius 3 is 2.92 bits per heavy atom. The van der Waals surface area contributed by atoms with Crippen molar-refractivity contribution < 1.29 is 4.74 Å². The van der Waals surface area contributed by atoms with Gasteiger partial charge in [0.05, 0.1) is 24.2 Å². The maximum absolute atomic E-state index is 4.87. The Balaban J connectivity index is 3.11. The third kappa shape index (κ3) is 1.84. The van der Waals surface area contributed by atoms with E-state index in [0.717, 1.165) is 0 Å². The van der Waals surface area contributed by atoms with Gasteiger partial charge in [-0.1, -0.05) is 0 Å². The van der Waals surface area contributed by atoms with Crippen molar-refractivity contribution in [2.75, 3.05) is 7.11 Å². The molecule has 0 N–H and O–H groups in total. The largest absolute Gasteiger partial charge is 0.480 e. The molecule has 0 amide bonds. The van der Waals surface area contributed by atoms with E-state index in [-0.39, 0.29) is 0 Å². The summed E-state index contributed by atoms with van der Waals surface area (Å²) in [5, 5.41) is 2.23. The first kappa shape index (κ1) is 8.77. The molecule has 0 radical (unpaired) electrons. The maximum atomic E-state index is 4.87. The molecule has 12 heavy (non-hydrogen) atoms. The molecule has 1 aromatic heterocycles. The van der Waals surface area contributed by atoms with E-state index in [9.17, 15) is 0 Å². The van der Waals surface area contributed by atoms with Crippen molar-refractivity contribution in [1.82, 2.24) is 9.97 Å². The minimum Gasteiger partial charge on any atom is -0.480 e. The van der Waals surface area contributed by atoms with E-state index in [1.54, 1.807) is 6.92 Å². The average Bonchev–Trinajstić information content (AvgIpc) is 2.09. The van der Waals surface area contributed by atoms with Crippen molar-refractivity contribution in [1.29, 1.82) is 0 Å². The first-order valence-corrected chi connectivity index (χ1v) is 3.64. The molecule has 0 fully saturated rings. The predicted octanol–water partition coefficient (Wildman–Crippen LogP) is 1.53. The number of nitrogens with zero attached hydrogens (tertiary/aromatic N) is 3. The lowest BCUT2D eigenvalue weighted by Gasteiger charge is -1.99. The fourth-order valence-electron chi connectivity index (χ4n) is 0.705. The molecule has 1 aromatic rings. The van der Waals surface area contributed by atoms with Gasteiger partial charge in [0.1, 0.15) is 0 Å². The van der Waals surface area contributed by atoms with E-state index in [4.69, 9.17) is 4.74 Å². The van der Waals surface area contributed by atoms with Gasteiger partial charge in [0, 0.05) is 0 Å². The van der Waals surface area contributed by atoms with Gasteiger partial charge < -0.3 is 4.74 Å². The molecule has 0 bridgehead atoms. The molecular weight excluding hydrogens is 174 g/mol. The number of methoxy groups -OCH3 is 1. The normalized spacial score (nSPS) is 8.83. The molecule has 1 rings (SSSR count). The fraction of sp³-hybridized carbons (Fsp3) is 0.286. The number of ether oxygens (including phenoxy) is 1. The Bertz CT molecular complexity index is 333. The molecule has 1 heterocycles. The van der Waals surface area contributed by atoms with Gasteiger partial charge in [-0.15, -0.1) is 0 Å². The molecule has 0 aromatic carbocycles. The predicted molar refractivity (Wildman–Crippen MR) is 48.0 cm³/mol. The van der Waals surface area contributed by atoms with Crippen molar-refractivity contribution in [3.63, 3.8) is 0 Å². The van der Waals surface area contributed by atoms with Crippen LogP contribution in [0, 0.1) is 6.92 Å². The highest BCUT2D eigenvalue weighted by Gasteiger charge is 2.00. The van der Waals surface area contributed by atoms with E-state index in [1.165, 1.54) is 13.3 Å². The summed E-state index contributed by atoms with van der Waals surface area (Å²) < 4.78 is 4.87. The zero-order chi connectivity index (χ0) is 8.97. The smallest absolute Gasteiger partial charge is 0.232 e. The van der Waals surface area contributed by atoms with Gasteiger partial charge in [-0.3, -0.25) is 0 Å². The van der Waals surface area contributed by atoms with Gasteiger partial charge >= 0.3 is 0 Å². The molecule has 0 spiro atoms. The lowest BCUT2D eigenvalue weighted by atomic mass is 10.4. The summed E-state index contributed by atoms with van der Waals surface area (Å²) in [7, 11) is 1.53. The Labute approximate surface area is 75.3 Å². The molecule has 0 saturated carbocycles. The lowest BCUT2D eigenvalue weighted by molar-refractivity contribution is 0.395. The van der Waals surface area contributed by atoms with Gasteiger partial charge in [-0.05, 0) is 19.1 Å². The topological polar surface area (TPSA) is 47.4 Å². The second kappa shape index (κ2) is 3.90. The summed E-state index contributed by atoms with van der Waals surface area (Å²) in [5.74, 6) is 0.946. The molecular formula is C7H7N3OS. The van der Waals surface area contributed by atoms with Crippen LogP contribution in [0.15, 0.2) is 11.2 Å². The molecule has 0 unspecified atom stereocenters. The highest BCUT2D eigenvalue weighted by Crippen LogP contribution is 2.14. The van der Waals surface area contributed by atoms with Crippen LogP contribution in [0.3, 0.4) is 0 Å². The second-order valence-electron chi connectivity index (χ2n) is 2.02. The van der Waals surface area contributed by atoms with Crippen molar-refractivity contribution in [2.24, 2.45) is 4.99 Å². The lowest BCUT2D eigenvalue weighted by Crippen LogP contribution is -1.91. The molecule has 0 atom stereocenters. The van der Waals surface area contributed by atoms with Crippen LogP contribution in [0.2, 0.25) is 0 Å².